The van der Waals surface area contributed by atoms with Gasteiger partial charge in [0.1, 0.15) is 17.0 Å². The van der Waals surface area contributed by atoms with Crippen molar-refractivity contribution < 1.29 is 19.4 Å². The van der Waals surface area contributed by atoms with Crippen LogP contribution in [-0.4, -0.2) is 81.3 Å². The molecule has 2 fully saturated rings. The molecule has 1 amide bonds. The van der Waals surface area contributed by atoms with Crippen molar-refractivity contribution in [1.82, 2.24) is 35.5 Å². The summed E-state index contributed by atoms with van der Waals surface area (Å²) in [6.07, 6.45) is 10.1. The minimum absolute atomic E-state index is 0.0778. The van der Waals surface area contributed by atoms with Gasteiger partial charge >= 0.3 is 0 Å². The van der Waals surface area contributed by atoms with Crippen molar-refractivity contribution >= 4 is 29.1 Å². The summed E-state index contributed by atoms with van der Waals surface area (Å²) in [4.78, 5) is 32.1. The summed E-state index contributed by atoms with van der Waals surface area (Å²) < 4.78 is 11.1. The summed E-state index contributed by atoms with van der Waals surface area (Å²) in [6.45, 7) is 2.20. The molecule has 1 atom stereocenters. The lowest BCUT2D eigenvalue weighted by atomic mass is 9.95. The molecule has 2 aromatic carbocycles. The SMILES string of the molecule is C#CC1(O)CN(Cc2ncc(-c3cccc(-c4cccc(-c5cnc(CNCC6CCC(=O)N6)c(OC)n5)c4Cl)c3Cl)nc2OC)C1. The molecule has 4 aromatic rings. The first kappa shape index (κ1) is 32.6. The first-order valence-electron chi connectivity index (χ1n) is 15.0. The number of benzene rings is 2. The highest BCUT2D eigenvalue weighted by molar-refractivity contribution is 6.39. The van der Waals surface area contributed by atoms with Gasteiger partial charge < -0.3 is 25.2 Å². The number of likely N-dealkylation sites (tertiary alicyclic amines) is 1. The number of rotatable bonds is 11. The highest BCUT2D eigenvalue weighted by Crippen LogP contribution is 2.42. The zero-order valence-electron chi connectivity index (χ0n) is 25.9. The third kappa shape index (κ3) is 6.88. The van der Waals surface area contributed by atoms with Crippen molar-refractivity contribution in [3.8, 4) is 57.7 Å². The third-order valence-electron chi connectivity index (χ3n) is 8.23. The van der Waals surface area contributed by atoms with E-state index in [0.717, 1.165) is 6.42 Å². The molecule has 4 heterocycles. The van der Waals surface area contributed by atoms with E-state index in [0.29, 0.717) is 106 Å². The molecule has 6 rings (SSSR count). The van der Waals surface area contributed by atoms with Crippen LogP contribution in [0.25, 0.3) is 33.6 Å². The molecule has 242 valence electrons. The van der Waals surface area contributed by atoms with Crippen LogP contribution in [0.5, 0.6) is 11.8 Å². The topological polar surface area (TPSA) is 135 Å². The Labute approximate surface area is 282 Å². The molecular formula is C34H33Cl2N7O4. The van der Waals surface area contributed by atoms with Crippen molar-refractivity contribution in [2.75, 3.05) is 33.9 Å². The van der Waals surface area contributed by atoms with Crippen molar-refractivity contribution in [3.05, 3.63) is 70.2 Å². The van der Waals surface area contributed by atoms with Gasteiger partial charge in [-0.05, 0) is 6.42 Å². The number of hydrogen-bond donors (Lipinski definition) is 3. The number of β-amino-alcohol motifs (C(OH)–C–C–N with tert-alkyl or cyclic N) is 1. The van der Waals surface area contributed by atoms with E-state index in [4.69, 9.17) is 49.1 Å². The second-order valence-corrected chi connectivity index (χ2v) is 12.3. The summed E-state index contributed by atoms with van der Waals surface area (Å²) in [6, 6.07) is 11.4. The highest BCUT2D eigenvalue weighted by atomic mass is 35.5. The maximum Gasteiger partial charge on any atom is 0.237 e. The summed E-state index contributed by atoms with van der Waals surface area (Å²) in [5.74, 6) is 3.23. The van der Waals surface area contributed by atoms with Crippen molar-refractivity contribution in [3.63, 3.8) is 0 Å². The first-order valence-corrected chi connectivity index (χ1v) is 15.8. The first-order chi connectivity index (χ1) is 22.7. The number of aliphatic hydroxyl groups is 1. The number of nitrogens with one attached hydrogen (secondary N) is 2. The molecule has 0 radical (unpaired) electrons. The quantitative estimate of drug-likeness (QED) is 0.199. The molecule has 0 bridgehead atoms. The molecule has 11 nitrogen and oxygen atoms in total. The lowest BCUT2D eigenvalue weighted by molar-refractivity contribution is -0.119. The molecule has 13 heteroatoms. The minimum Gasteiger partial charge on any atom is -0.480 e. The summed E-state index contributed by atoms with van der Waals surface area (Å²) in [5.41, 5.74) is 3.96. The zero-order chi connectivity index (χ0) is 33.1. The Morgan fingerprint density at radius 2 is 1.53 bits per heavy atom. The van der Waals surface area contributed by atoms with Gasteiger partial charge in [-0.25, -0.2) is 9.97 Å². The average molecular weight is 675 g/mol. The van der Waals surface area contributed by atoms with Crippen LogP contribution in [0.2, 0.25) is 10.0 Å². The number of carbonyl (C=O) groups excluding carboxylic acids is 1. The minimum atomic E-state index is -1.11. The predicted molar refractivity (Wildman–Crippen MR) is 179 cm³/mol. The largest absolute Gasteiger partial charge is 0.480 e. The molecule has 2 aliphatic rings. The second-order valence-electron chi connectivity index (χ2n) is 11.5. The van der Waals surface area contributed by atoms with Gasteiger partial charge in [-0.3, -0.25) is 19.7 Å². The van der Waals surface area contributed by atoms with E-state index in [2.05, 4.69) is 26.5 Å². The fraction of sp³-hybridized carbons (Fsp3) is 0.324. The Balaban J connectivity index is 1.23. The number of methoxy groups -OCH3 is 2. The van der Waals surface area contributed by atoms with E-state index in [1.54, 1.807) is 19.5 Å². The van der Waals surface area contributed by atoms with Crippen LogP contribution in [0.1, 0.15) is 24.2 Å². The van der Waals surface area contributed by atoms with Gasteiger partial charge in [-0.15, -0.1) is 6.42 Å². The van der Waals surface area contributed by atoms with E-state index in [1.165, 1.54) is 7.11 Å². The van der Waals surface area contributed by atoms with Gasteiger partial charge in [0.05, 0.1) is 48.0 Å². The van der Waals surface area contributed by atoms with Crippen LogP contribution < -0.4 is 20.1 Å². The second kappa shape index (κ2) is 13.8. The van der Waals surface area contributed by atoms with Gasteiger partial charge in [0.2, 0.25) is 17.7 Å². The summed E-state index contributed by atoms with van der Waals surface area (Å²) in [5, 5.41) is 17.3. The van der Waals surface area contributed by atoms with Crippen LogP contribution >= 0.6 is 23.2 Å². The molecule has 3 N–H and O–H groups in total. The third-order valence-corrected chi connectivity index (χ3v) is 9.04. The lowest BCUT2D eigenvalue weighted by Gasteiger charge is -2.42. The Morgan fingerprint density at radius 1 is 0.979 bits per heavy atom. The molecule has 0 aliphatic carbocycles. The fourth-order valence-electron chi connectivity index (χ4n) is 5.79. The average Bonchev–Trinajstić information content (AvgIpc) is 3.49. The van der Waals surface area contributed by atoms with Crippen LogP contribution in [-0.2, 0) is 17.9 Å². The predicted octanol–water partition coefficient (Wildman–Crippen LogP) is 4.14. The van der Waals surface area contributed by atoms with Crippen molar-refractivity contribution in [2.45, 2.75) is 37.6 Å². The number of nitrogens with zero attached hydrogens (tertiary/aromatic N) is 5. The number of terminal acetylenes is 1. The maximum absolute atomic E-state index is 11.5. The molecule has 1 unspecified atom stereocenters. The van der Waals surface area contributed by atoms with E-state index in [9.17, 15) is 9.90 Å². The number of aromatic nitrogens is 4. The van der Waals surface area contributed by atoms with Crippen molar-refractivity contribution in [1.29, 1.82) is 0 Å². The number of ether oxygens (including phenoxy) is 2. The van der Waals surface area contributed by atoms with E-state index < -0.39 is 5.60 Å². The Hall–Kier alpha value is -4.31. The lowest BCUT2D eigenvalue weighted by Crippen LogP contribution is -2.60. The molecule has 0 saturated carbocycles. The van der Waals surface area contributed by atoms with Crippen LogP contribution in [0.15, 0.2) is 48.8 Å². The van der Waals surface area contributed by atoms with E-state index in [-0.39, 0.29) is 11.9 Å². The van der Waals surface area contributed by atoms with Gasteiger partial charge in [-0.2, -0.15) is 0 Å². The van der Waals surface area contributed by atoms with Crippen LogP contribution in [0.4, 0.5) is 0 Å². The number of hydrogen-bond acceptors (Lipinski definition) is 10. The molecule has 0 spiro atoms. The van der Waals surface area contributed by atoms with Crippen LogP contribution in [0.3, 0.4) is 0 Å². The number of halogens is 2. The van der Waals surface area contributed by atoms with E-state index >= 15 is 0 Å². The van der Waals surface area contributed by atoms with Crippen LogP contribution in [0, 0.1) is 12.3 Å². The van der Waals surface area contributed by atoms with Gasteiger partial charge in [0.25, 0.3) is 0 Å². The van der Waals surface area contributed by atoms with E-state index in [1.807, 2.05) is 41.3 Å². The maximum atomic E-state index is 11.5. The number of amides is 1. The fourth-order valence-corrected chi connectivity index (χ4v) is 6.44. The smallest absolute Gasteiger partial charge is 0.237 e. The standard InChI is InChI=1S/C34H33Cl2N7O4/c1-4-34(45)18-43(19-34)17-28-33(47-3)42-26(16-39-28)24-10-6-8-22(31(24)36)21-7-5-9-23(30(21)35)25-15-38-27(32(41-25)46-2)14-37-13-20-11-12-29(44)40-20/h1,5-10,15-16,20,37,45H,11-14,17-19H2,2-3H3,(H,40,44). The summed E-state index contributed by atoms with van der Waals surface area (Å²) in [7, 11) is 3.08. The Bertz CT molecular complexity index is 1860. The monoisotopic (exact) mass is 673 g/mol. The Morgan fingerprint density at radius 3 is 2.06 bits per heavy atom. The highest BCUT2D eigenvalue weighted by Gasteiger charge is 2.39. The zero-order valence-corrected chi connectivity index (χ0v) is 27.4. The van der Waals surface area contributed by atoms with Gasteiger partial charge in [0.15, 0.2) is 0 Å². The normalized spacial score (nSPS) is 17.1. The van der Waals surface area contributed by atoms with Gasteiger partial charge in [-0.1, -0.05) is 65.5 Å². The summed E-state index contributed by atoms with van der Waals surface area (Å²) >= 11 is 14.0. The Kier molecular flexibility index (Phi) is 9.59. The molecule has 2 saturated heterocycles. The number of carbonyl (C=O) groups is 1. The van der Waals surface area contributed by atoms with Gasteiger partial charge in [0, 0.05) is 67.4 Å². The molecule has 47 heavy (non-hydrogen) atoms. The molecule has 2 aliphatic heterocycles. The molecule has 2 aromatic heterocycles. The van der Waals surface area contributed by atoms with Crippen molar-refractivity contribution in [2.24, 2.45) is 0 Å². The molecular weight excluding hydrogens is 641 g/mol.